The lowest BCUT2D eigenvalue weighted by molar-refractivity contribution is -0.156. The Balaban J connectivity index is 2.10. The first-order chi connectivity index (χ1) is 11.5. The van der Waals surface area contributed by atoms with Gasteiger partial charge in [-0.2, -0.15) is 0 Å². The molecule has 4 atom stereocenters. The normalized spacial score (nSPS) is 32.3. The fraction of sp³-hybridized carbons (Fsp3) is 0.588. The average molecular weight is 334 g/mol. The van der Waals surface area contributed by atoms with Crippen LogP contribution in [-0.4, -0.2) is 41.9 Å². The van der Waals surface area contributed by atoms with Gasteiger partial charge in [-0.05, 0) is 25.5 Å². The molecule has 2 fully saturated rings. The maximum atomic E-state index is 12.8. The van der Waals surface area contributed by atoms with Gasteiger partial charge in [-0.15, -0.1) is 0 Å². The lowest BCUT2D eigenvalue weighted by Gasteiger charge is -2.32. The molecule has 0 radical (unpaired) electrons. The molecule has 2 amide bonds. The van der Waals surface area contributed by atoms with Crippen LogP contribution in [0, 0.1) is 11.8 Å². The highest BCUT2D eigenvalue weighted by molar-refractivity contribution is 6.09. The van der Waals surface area contributed by atoms with E-state index in [2.05, 4.69) is 5.32 Å². The van der Waals surface area contributed by atoms with Gasteiger partial charge in [0, 0.05) is 7.05 Å². The first kappa shape index (κ1) is 16.7. The van der Waals surface area contributed by atoms with E-state index in [4.69, 9.17) is 9.15 Å². The number of likely N-dealkylation sites (tertiary alicyclic amines) is 1. The fourth-order valence-corrected chi connectivity index (χ4v) is 4.03. The molecule has 2 aliphatic heterocycles. The van der Waals surface area contributed by atoms with Gasteiger partial charge in [0.25, 0.3) is 0 Å². The molecular formula is C17H22N2O5. The van der Waals surface area contributed by atoms with Gasteiger partial charge in [0.1, 0.15) is 11.3 Å². The van der Waals surface area contributed by atoms with Crippen LogP contribution in [0.15, 0.2) is 22.8 Å². The van der Waals surface area contributed by atoms with Crippen LogP contribution in [0.1, 0.15) is 38.5 Å². The highest BCUT2D eigenvalue weighted by atomic mass is 16.5. The van der Waals surface area contributed by atoms with Crippen molar-refractivity contribution >= 4 is 17.8 Å². The first-order valence-electron chi connectivity index (χ1n) is 8.27. The summed E-state index contributed by atoms with van der Waals surface area (Å²) < 4.78 is 10.7. The molecule has 7 nitrogen and oxygen atoms in total. The molecule has 0 saturated carbocycles. The number of rotatable bonds is 5. The number of nitrogens with one attached hydrogen (secondary N) is 1. The average Bonchev–Trinajstić information content (AvgIpc) is 3.23. The molecule has 3 rings (SSSR count). The maximum Gasteiger partial charge on any atom is 0.327 e. The van der Waals surface area contributed by atoms with Gasteiger partial charge in [0.15, 0.2) is 0 Å². The number of fused-ring (bicyclic) bond motifs is 1. The topological polar surface area (TPSA) is 88.8 Å². The molecule has 0 spiro atoms. The van der Waals surface area contributed by atoms with Crippen molar-refractivity contribution in [3.63, 3.8) is 0 Å². The van der Waals surface area contributed by atoms with Crippen LogP contribution in [0.2, 0.25) is 0 Å². The molecule has 2 aliphatic rings. The van der Waals surface area contributed by atoms with Crippen molar-refractivity contribution < 1.29 is 23.5 Å². The van der Waals surface area contributed by atoms with Gasteiger partial charge in [-0.1, -0.05) is 13.3 Å². The van der Waals surface area contributed by atoms with Crippen LogP contribution in [-0.2, 0) is 19.1 Å². The monoisotopic (exact) mass is 334 g/mol. The van der Waals surface area contributed by atoms with Crippen LogP contribution in [0.4, 0.5) is 0 Å². The Kier molecular flexibility index (Phi) is 4.21. The van der Waals surface area contributed by atoms with Crippen LogP contribution in [0.25, 0.3) is 0 Å². The van der Waals surface area contributed by atoms with Crippen molar-refractivity contribution in [1.29, 1.82) is 0 Å². The minimum Gasteiger partial charge on any atom is -0.468 e. The zero-order chi connectivity index (χ0) is 17.5. The molecule has 1 aromatic heterocycles. The number of amides is 2. The molecule has 2 saturated heterocycles. The Hall–Kier alpha value is -2.15. The zero-order valence-electron chi connectivity index (χ0n) is 14.1. The van der Waals surface area contributed by atoms with E-state index in [1.807, 2.05) is 6.92 Å². The standard InChI is InChI=1S/C17H22N2O5/c1-4-8-17(16(22)23-5-2)12-11(14(20)19(3)15(12)21)13(18-17)10-7-6-9-24-10/h6-7,9,11-13,18H,4-5,8H2,1-3H3/t11-,12-,13-,17+/m0/s1. The predicted octanol–water partition coefficient (Wildman–Crippen LogP) is 1.26. The van der Waals surface area contributed by atoms with E-state index in [-0.39, 0.29) is 18.4 Å². The number of carbonyl (C=O) groups excluding carboxylic acids is 3. The summed E-state index contributed by atoms with van der Waals surface area (Å²) >= 11 is 0. The summed E-state index contributed by atoms with van der Waals surface area (Å²) in [5.74, 6) is -2.00. The van der Waals surface area contributed by atoms with Crippen molar-refractivity contribution in [2.45, 2.75) is 38.3 Å². The molecule has 0 aromatic carbocycles. The van der Waals surface area contributed by atoms with Crippen molar-refractivity contribution in [3.05, 3.63) is 24.2 Å². The van der Waals surface area contributed by atoms with Crippen LogP contribution in [0.5, 0.6) is 0 Å². The number of furan rings is 1. The van der Waals surface area contributed by atoms with Gasteiger partial charge in [-0.25, -0.2) is 0 Å². The summed E-state index contributed by atoms with van der Waals surface area (Å²) in [4.78, 5) is 39.3. The molecule has 3 heterocycles. The Labute approximate surface area is 140 Å². The summed E-state index contributed by atoms with van der Waals surface area (Å²) in [5, 5.41) is 3.24. The van der Waals surface area contributed by atoms with Crippen molar-refractivity contribution in [2.75, 3.05) is 13.7 Å². The summed E-state index contributed by atoms with van der Waals surface area (Å²) in [6.45, 7) is 3.87. The molecule has 1 N–H and O–H groups in total. The molecule has 0 unspecified atom stereocenters. The SMILES string of the molecule is CCC[C@@]1(C(=O)OCC)N[C@@H](c2ccco2)[C@H]2C(=O)N(C)C(=O)[C@H]21. The minimum absolute atomic E-state index is 0.215. The lowest BCUT2D eigenvalue weighted by Crippen LogP contribution is -2.56. The van der Waals surface area contributed by atoms with E-state index >= 15 is 0 Å². The second-order valence-electron chi connectivity index (χ2n) is 6.32. The van der Waals surface area contributed by atoms with Crippen molar-refractivity contribution in [2.24, 2.45) is 11.8 Å². The van der Waals surface area contributed by atoms with Crippen molar-refractivity contribution in [3.8, 4) is 0 Å². The summed E-state index contributed by atoms with van der Waals surface area (Å²) in [5.41, 5.74) is -1.20. The summed E-state index contributed by atoms with van der Waals surface area (Å²) in [7, 11) is 1.46. The van der Waals surface area contributed by atoms with Gasteiger partial charge in [-0.3, -0.25) is 24.6 Å². The molecule has 7 heteroatoms. The Morgan fingerprint density at radius 1 is 1.38 bits per heavy atom. The Morgan fingerprint density at radius 2 is 2.12 bits per heavy atom. The largest absolute Gasteiger partial charge is 0.468 e. The van der Waals surface area contributed by atoms with Crippen LogP contribution < -0.4 is 5.32 Å². The summed E-state index contributed by atoms with van der Waals surface area (Å²) in [6, 6.07) is 2.95. The zero-order valence-corrected chi connectivity index (χ0v) is 14.1. The van der Waals surface area contributed by atoms with Gasteiger partial charge < -0.3 is 9.15 Å². The molecular weight excluding hydrogens is 312 g/mol. The van der Waals surface area contributed by atoms with Crippen LogP contribution in [0.3, 0.4) is 0 Å². The number of hydrogen-bond donors (Lipinski definition) is 1. The third-order valence-electron chi connectivity index (χ3n) is 5.01. The van der Waals surface area contributed by atoms with E-state index in [1.165, 1.54) is 13.3 Å². The summed E-state index contributed by atoms with van der Waals surface area (Å²) in [6.07, 6.45) is 2.60. The van der Waals surface area contributed by atoms with Crippen LogP contribution >= 0.6 is 0 Å². The van der Waals surface area contributed by atoms with Gasteiger partial charge in [0.2, 0.25) is 11.8 Å². The highest BCUT2D eigenvalue weighted by Crippen LogP contribution is 2.50. The van der Waals surface area contributed by atoms with Crippen molar-refractivity contribution in [1.82, 2.24) is 10.2 Å². The third-order valence-corrected chi connectivity index (χ3v) is 5.01. The number of carbonyl (C=O) groups is 3. The number of imide groups is 1. The lowest BCUT2D eigenvalue weighted by atomic mass is 9.77. The molecule has 24 heavy (non-hydrogen) atoms. The highest BCUT2D eigenvalue weighted by Gasteiger charge is 2.68. The van der Waals surface area contributed by atoms with Gasteiger partial charge in [0.05, 0.1) is 30.7 Å². The predicted molar refractivity (Wildman–Crippen MR) is 83.6 cm³/mol. The van der Waals surface area contributed by atoms with E-state index in [0.29, 0.717) is 18.6 Å². The minimum atomic E-state index is -1.20. The smallest absolute Gasteiger partial charge is 0.327 e. The quantitative estimate of drug-likeness (QED) is 0.644. The third kappa shape index (κ3) is 2.18. The fourth-order valence-electron chi connectivity index (χ4n) is 4.03. The van der Waals surface area contributed by atoms with E-state index in [0.717, 1.165) is 4.90 Å². The molecule has 130 valence electrons. The van der Waals surface area contributed by atoms with E-state index in [9.17, 15) is 14.4 Å². The number of esters is 1. The molecule has 1 aromatic rings. The number of ether oxygens (including phenoxy) is 1. The molecule has 0 aliphatic carbocycles. The first-order valence-corrected chi connectivity index (χ1v) is 8.27. The molecule has 0 bridgehead atoms. The number of nitrogens with zero attached hydrogens (tertiary/aromatic N) is 1. The number of hydrogen-bond acceptors (Lipinski definition) is 6. The van der Waals surface area contributed by atoms with E-state index in [1.54, 1.807) is 19.1 Å². The Bertz CT molecular complexity index is 656. The van der Waals surface area contributed by atoms with E-state index < -0.39 is 29.4 Å². The Morgan fingerprint density at radius 3 is 2.71 bits per heavy atom. The maximum absolute atomic E-state index is 12.8. The second kappa shape index (κ2) is 6.05. The van der Waals surface area contributed by atoms with Gasteiger partial charge >= 0.3 is 5.97 Å². The second-order valence-corrected chi connectivity index (χ2v) is 6.32.